The van der Waals surface area contributed by atoms with Gasteiger partial charge in [-0.05, 0) is 20.1 Å². The highest BCUT2D eigenvalue weighted by Crippen LogP contribution is 2.17. The van der Waals surface area contributed by atoms with E-state index in [2.05, 4.69) is 4.74 Å². The van der Waals surface area contributed by atoms with E-state index in [0.717, 1.165) is 5.57 Å². The molecule has 0 atom stereocenters. The third-order valence-corrected chi connectivity index (χ3v) is 2.01. The molecule has 0 aromatic rings. The SMILES string of the molecule is COC(=O)C(SC)=C(C)C. The van der Waals surface area contributed by atoms with Gasteiger partial charge in [-0.2, -0.15) is 0 Å². The number of allylic oxidation sites excluding steroid dienone is 1. The summed E-state index contributed by atoms with van der Waals surface area (Å²) in [6.07, 6.45) is 1.86. The van der Waals surface area contributed by atoms with Crippen LogP contribution in [0.25, 0.3) is 0 Å². The van der Waals surface area contributed by atoms with Crippen molar-refractivity contribution >= 4 is 17.7 Å². The Morgan fingerprint density at radius 3 is 2.00 bits per heavy atom. The van der Waals surface area contributed by atoms with Gasteiger partial charge in [0.15, 0.2) is 0 Å². The molecule has 0 amide bonds. The first-order valence-electron chi connectivity index (χ1n) is 2.93. The van der Waals surface area contributed by atoms with E-state index in [0.29, 0.717) is 4.91 Å². The van der Waals surface area contributed by atoms with Gasteiger partial charge >= 0.3 is 5.97 Å². The maximum absolute atomic E-state index is 10.9. The largest absolute Gasteiger partial charge is 0.465 e. The number of carbonyl (C=O) groups excluding carboxylic acids is 1. The Hall–Kier alpha value is -0.440. The van der Waals surface area contributed by atoms with E-state index < -0.39 is 0 Å². The van der Waals surface area contributed by atoms with Crippen molar-refractivity contribution in [2.24, 2.45) is 0 Å². The van der Waals surface area contributed by atoms with Crippen LogP contribution in [-0.2, 0) is 9.53 Å². The third-order valence-electron chi connectivity index (χ3n) is 1.03. The van der Waals surface area contributed by atoms with Gasteiger partial charge in [0.2, 0.25) is 0 Å². The van der Waals surface area contributed by atoms with E-state index in [-0.39, 0.29) is 5.97 Å². The second-order valence-electron chi connectivity index (χ2n) is 2.02. The molecule has 0 aliphatic rings. The van der Waals surface area contributed by atoms with Crippen molar-refractivity contribution in [1.82, 2.24) is 0 Å². The second-order valence-corrected chi connectivity index (χ2v) is 2.84. The normalized spacial score (nSPS) is 8.80. The van der Waals surface area contributed by atoms with Crippen LogP contribution in [-0.4, -0.2) is 19.3 Å². The van der Waals surface area contributed by atoms with Gasteiger partial charge in [-0.3, -0.25) is 0 Å². The molecular formula is C7H12O2S. The minimum Gasteiger partial charge on any atom is -0.465 e. The van der Waals surface area contributed by atoms with Crippen LogP contribution in [0.4, 0.5) is 0 Å². The maximum atomic E-state index is 10.9. The molecule has 0 N–H and O–H groups in total. The predicted octanol–water partition coefficient (Wildman–Crippen LogP) is 1.82. The number of ether oxygens (including phenoxy) is 1. The molecule has 0 fully saturated rings. The molecule has 2 nitrogen and oxygen atoms in total. The summed E-state index contributed by atoms with van der Waals surface area (Å²) in [7, 11) is 1.39. The summed E-state index contributed by atoms with van der Waals surface area (Å²) in [5.74, 6) is -0.243. The molecule has 58 valence electrons. The van der Waals surface area contributed by atoms with E-state index in [4.69, 9.17) is 0 Å². The topological polar surface area (TPSA) is 26.3 Å². The predicted molar refractivity (Wildman–Crippen MR) is 43.9 cm³/mol. The lowest BCUT2D eigenvalue weighted by Crippen LogP contribution is -2.02. The van der Waals surface area contributed by atoms with Crippen LogP contribution < -0.4 is 0 Å². The fourth-order valence-electron chi connectivity index (χ4n) is 0.584. The van der Waals surface area contributed by atoms with Gasteiger partial charge in [-0.1, -0.05) is 5.57 Å². The quantitative estimate of drug-likeness (QED) is 0.455. The van der Waals surface area contributed by atoms with Crippen molar-refractivity contribution in [3.05, 3.63) is 10.5 Å². The first-order chi connectivity index (χ1) is 4.63. The van der Waals surface area contributed by atoms with Crippen molar-refractivity contribution in [2.45, 2.75) is 13.8 Å². The zero-order valence-electron chi connectivity index (χ0n) is 6.72. The van der Waals surface area contributed by atoms with Crippen LogP contribution in [0, 0.1) is 0 Å². The molecule has 0 spiro atoms. The number of hydrogen-bond acceptors (Lipinski definition) is 3. The van der Waals surface area contributed by atoms with Gasteiger partial charge in [-0.15, -0.1) is 11.8 Å². The molecule has 10 heavy (non-hydrogen) atoms. The molecule has 0 aromatic heterocycles. The van der Waals surface area contributed by atoms with Gasteiger partial charge in [0.1, 0.15) is 0 Å². The summed E-state index contributed by atoms with van der Waals surface area (Å²) in [6, 6.07) is 0. The molecule has 0 heterocycles. The van der Waals surface area contributed by atoms with Crippen LogP contribution in [0.2, 0.25) is 0 Å². The Bertz CT molecular complexity index is 157. The summed E-state index contributed by atoms with van der Waals surface area (Å²) in [5, 5.41) is 0. The summed E-state index contributed by atoms with van der Waals surface area (Å²) < 4.78 is 4.55. The molecule has 0 unspecified atom stereocenters. The molecule has 0 radical (unpaired) electrons. The molecule has 0 saturated heterocycles. The molecule has 0 saturated carbocycles. The average Bonchev–Trinajstić information content (AvgIpc) is 1.88. The fourth-order valence-corrected chi connectivity index (χ4v) is 1.24. The number of hydrogen-bond donors (Lipinski definition) is 0. The lowest BCUT2D eigenvalue weighted by Gasteiger charge is -2.02. The van der Waals surface area contributed by atoms with E-state index in [1.807, 2.05) is 20.1 Å². The Kier molecular flexibility index (Phi) is 4.19. The zero-order chi connectivity index (χ0) is 8.15. The Morgan fingerprint density at radius 1 is 1.40 bits per heavy atom. The number of esters is 1. The highest BCUT2D eigenvalue weighted by Gasteiger charge is 2.08. The van der Waals surface area contributed by atoms with Crippen LogP contribution in [0.15, 0.2) is 10.5 Å². The van der Waals surface area contributed by atoms with Crippen LogP contribution in [0.1, 0.15) is 13.8 Å². The maximum Gasteiger partial charge on any atom is 0.344 e. The summed E-state index contributed by atoms with van der Waals surface area (Å²) >= 11 is 1.42. The Morgan fingerprint density at radius 2 is 1.90 bits per heavy atom. The summed E-state index contributed by atoms with van der Waals surface area (Å²) in [6.45, 7) is 3.78. The number of thioether (sulfide) groups is 1. The van der Waals surface area contributed by atoms with E-state index in [1.54, 1.807) is 0 Å². The van der Waals surface area contributed by atoms with Crippen molar-refractivity contribution in [2.75, 3.05) is 13.4 Å². The monoisotopic (exact) mass is 160 g/mol. The van der Waals surface area contributed by atoms with Crippen molar-refractivity contribution < 1.29 is 9.53 Å². The molecule has 0 aliphatic carbocycles. The summed E-state index contributed by atoms with van der Waals surface area (Å²) in [5.41, 5.74) is 0.999. The standard InChI is InChI=1S/C7H12O2S/c1-5(2)6(10-4)7(8)9-3/h1-4H3. The minimum atomic E-state index is -0.243. The Balaban J connectivity index is 4.37. The number of rotatable bonds is 2. The highest BCUT2D eigenvalue weighted by molar-refractivity contribution is 8.03. The van der Waals surface area contributed by atoms with Crippen LogP contribution in [0.3, 0.4) is 0 Å². The lowest BCUT2D eigenvalue weighted by molar-refractivity contribution is -0.135. The molecule has 0 rings (SSSR count). The first kappa shape index (κ1) is 9.56. The third kappa shape index (κ3) is 2.43. The highest BCUT2D eigenvalue weighted by atomic mass is 32.2. The average molecular weight is 160 g/mol. The molecule has 0 aromatic carbocycles. The summed E-state index contributed by atoms with van der Waals surface area (Å²) in [4.78, 5) is 11.6. The Labute approximate surface area is 65.6 Å². The first-order valence-corrected chi connectivity index (χ1v) is 4.15. The zero-order valence-corrected chi connectivity index (χ0v) is 7.54. The van der Waals surface area contributed by atoms with Gasteiger partial charge < -0.3 is 4.74 Å². The fraction of sp³-hybridized carbons (Fsp3) is 0.571. The van der Waals surface area contributed by atoms with Crippen LogP contribution >= 0.6 is 11.8 Å². The lowest BCUT2D eigenvalue weighted by atomic mass is 10.3. The number of carbonyl (C=O) groups is 1. The van der Waals surface area contributed by atoms with Gasteiger partial charge in [0.25, 0.3) is 0 Å². The van der Waals surface area contributed by atoms with Crippen molar-refractivity contribution in [3.63, 3.8) is 0 Å². The van der Waals surface area contributed by atoms with Gasteiger partial charge in [0, 0.05) is 0 Å². The van der Waals surface area contributed by atoms with Crippen LogP contribution in [0.5, 0.6) is 0 Å². The smallest absolute Gasteiger partial charge is 0.344 e. The van der Waals surface area contributed by atoms with Gasteiger partial charge in [0.05, 0.1) is 12.0 Å². The van der Waals surface area contributed by atoms with Gasteiger partial charge in [-0.25, -0.2) is 4.79 Å². The van der Waals surface area contributed by atoms with E-state index >= 15 is 0 Å². The van der Waals surface area contributed by atoms with E-state index in [1.165, 1.54) is 18.9 Å². The molecule has 3 heteroatoms. The van der Waals surface area contributed by atoms with E-state index in [9.17, 15) is 4.79 Å². The molecular weight excluding hydrogens is 148 g/mol. The van der Waals surface area contributed by atoms with Crippen molar-refractivity contribution in [3.8, 4) is 0 Å². The second kappa shape index (κ2) is 4.39. The minimum absolute atomic E-state index is 0.243. The molecule has 0 aliphatic heterocycles. The van der Waals surface area contributed by atoms with Crippen molar-refractivity contribution in [1.29, 1.82) is 0 Å². The number of methoxy groups -OCH3 is 1. The molecule has 0 bridgehead atoms.